The molecule has 1 aromatic heterocycles. The fourth-order valence-corrected chi connectivity index (χ4v) is 4.70. The fourth-order valence-electron chi connectivity index (χ4n) is 3.84. The van der Waals surface area contributed by atoms with E-state index in [1.165, 1.54) is 29.0 Å². The Bertz CT molecular complexity index is 1410. The quantitative estimate of drug-likeness (QED) is 0.191. The summed E-state index contributed by atoms with van der Waals surface area (Å²) in [6.45, 7) is 1.32. The molecule has 0 saturated carbocycles. The molecule has 194 valence electrons. The average Bonchev–Trinajstić information content (AvgIpc) is 3.42. The number of aromatic nitrogens is 1. The Hall–Kier alpha value is -4.57. The van der Waals surface area contributed by atoms with Gasteiger partial charge in [-0.25, -0.2) is 4.98 Å². The van der Waals surface area contributed by atoms with Gasteiger partial charge in [0.15, 0.2) is 5.13 Å². The number of thiazole rings is 1. The van der Waals surface area contributed by atoms with Crippen LogP contribution in [0.25, 0.3) is 11.3 Å². The Balaban J connectivity index is 1.51. The van der Waals surface area contributed by atoms with Crippen LogP contribution in [0.4, 0.5) is 10.8 Å². The van der Waals surface area contributed by atoms with E-state index in [9.17, 15) is 19.7 Å². The molecule has 0 atom stereocenters. The van der Waals surface area contributed by atoms with Gasteiger partial charge in [-0.15, -0.1) is 11.3 Å². The standard InChI is InChI=1S/C28H26N4O5S/c33-26(34)13-15-29-27(35)22-11-9-21(10-12-22)18-31(16-14-20-5-2-1-3-6-20)28-30-25(19-38-28)23-7-4-8-24(17-23)32(36)37/h1-12,17,19H,13-16,18H2,(H,29,35)(H,33,34). The lowest BCUT2D eigenvalue weighted by molar-refractivity contribution is -0.384. The maximum absolute atomic E-state index is 12.3. The van der Waals surface area contributed by atoms with E-state index in [1.54, 1.807) is 24.3 Å². The van der Waals surface area contributed by atoms with Crippen molar-refractivity contribution in [2.75, 3.05) is 18.0 Å². The molecule has 0 saturated heterocycles. The van der Waals surface area contributed by atoms with Gasteiger partial charge in [-0.1, -0.05) is 54.6 Å². The molecule has 0 fully saturated rings. The second-order valence-electron chi connectivity index (χ2n) is 8.58. The number of nitrogens with zero attached hydrogens (tertiary/aromatic N) is 3. The molecule has 38 heavy (non-hydrogen) atoms. The van der Waals surface area contributed by atoms with Crippen molar-refractivity contribution in [1.82, 2.24) is 10.3 Å². The van der Waals surface area contributed by atoms with Crippen molar-refractivity contribution in [1.29, 1.82) is 0 Å². The first kappa shape index (κ1) is 26.5. The summed E-state index contributed by atoms with van der Waals surface area (Å²) in [5.74, 6) is -1.28. The van der Waals surface area contributed by atoms with Crippen LogP contribution in [0.1, 0.15) is 27.9 Å². The van der Waals surface area contributed by atoms with E-state index in [0.717, 1.165) is 17.1 Å². The molecule has 4 rings (SSSR count). The van der Waals surface area contributed by atoms with Gasteiger partial charge >= 0.3 is 5.97 Å². The monoisotopic (exact) mass is 530 g/mol. The number of carboxylic acids is 1. The summed E-state index contributed by atoms with van der Waals surface area (Å²) in [6, 6.07) is 23.8. The van der Waals surface area contributed by atoms with Crippen molar-refractivity contribution < 1.29 is 19.6 Å². The van der Waals surface area contributed by atoms with E-state index in [4.69, 9.17) is 10.1 Å². The van der Waals surface area contributed by atoms with Crippen LogP contribution in [-0.4, -0.2) is 40.0 Å². The highest BCUT2D eigenvalue weighted by Crippen LogP contribution is 2.30. The molecule has 2 N–H and O–H groups in total. The third-order valence-corrected chi connectivity index (χ3v) is 6.74. The zero-order valence-corrected chi connectivity index (χ0v) is 21.3. The number of hydrogen-bond donors (Lipinski definition) is 2. The number of nitro groups is 1. The van der Waals surface area contributed by atoms with Crippen molar-refractivity contribution >= 4 is 34.0 Å². The Kier molecular flexibility index (Phi) is 8.78. The van der Waals surface area contributed by atoms with Gasteiger partial charge in [0.1, 0.15) is 0 Å². The second kappa shape index (κ2) is 12.6. The van der Waals surface area contributed by atoms with Crippen molar-refractivity contribution in [2.24, 2.45) is 0 Å². The molecular weight excluding hydrogens is 504 g/mol. The average molecular weight is 531 g/mol. The second-order valence-corrected chi connectivity index (χ2v) is 9.41. The molecule has 1 amide bonds. The molecule has 1 heterocycles. The number of non-ortho nitro benzene ring substituents is 1. The smallest absolute Gasteiger partial charge is 0.305 e. The van der Waals surface area contributed by atoms with E-state index < -0.39 is 10.9 Å². The number of rotatable bonds is 12. The Morgan fingerprint density at radius 2 is 1.76 bits per heavy atom. The molecule has 0 aliphatic heterocycles. The van der Waals surface area contributed by atoms with E-state index in [-0.39, 0.29) is 24.6 Å². The number of carbonyl (C=O) groups excluding carboxylic acids is 1. The summed E-state index contributed by atoms with van der Waals surface area (Å²) < 4.78 is 0. The highest BCUT2D eigenvalue weighted by Gasteiger charge is 2.16. The highest BCUT2D eigenvalue weighted by molar-refractivity contribution is 7.14. The number of hydrogen-bond acceptors (Lipinski definition) is 7. The van der Waals surface area contributed by atoms with Crippen LogP contribution in [0.3, 0.4) is 0 Å². The van der Waals surface area contributed by atoms with Crippen molar-refractivity contribution in [3.8, 4) is 11.3 Å². The van der Waals surface area contributed by atoms with Gasteiger partial charge in [0.05, 0.1) is 17.0 Å². The number of carbonyl (C=O) groups is 2. The molecular formula is C28H26N4O5S. The topological polar surface area (TPSA) is 126 Å². The van der Waals surface area contributed by atoms with Gasteiger partial charge < -0.3 is 15.3 Å². The first-order valence-corrected chi connectivity index (χ1v) is 12.8. The minimum Gasteiger partial charge on any atom is -0.481 e. The van der Waals surface area contributed by atoms with Gasteiger partial charge in [0.2, 0.25) is 0 Å². The number of anilines is 1. The number of nitro benzene ring substituents is 1. The Labute approximate surface area is 223 Å². The molecule has 10 heteroatoms. The molecule has 0 radical (unpaired) electrons. The predicted octanol–water partition coefficient (Wildman–Crippen LogP) is 5.17. The maximum atomic E-state index is 12.3. The van der Waals surface area contributed by atoms with Gasteiger partial charge in [-0.05, 0) is 29.7 Å². The third kappa shape index (κ3) is 7.23. The summed E-state index contributed by atoms with van der Waals surface area (Å²) >= 11 is 1.47. The Morgan fingerprint density at radius 1 is 1.00 bits per heavy atom. The zero-order chi connectivity index (χ0) is 26.9. The summed E-state index contributed by atoms with van der Waals surface area (Å²) in [4.78, 5) is 40.7. The molecule has 0 unspecified atom stereocenters. The maximum Gasteiger partial charge on any atom is 0.305 e. The van der Waals surface area contributed by atoms with Crippen molar-refractivity contribution in [3.05, 3.63) is 111 Å². The van der Waals surface area contributed by atoms with Crippen LogP contribution in [0.2, 0.25) is 0 Å². The van der Waals surface area contributed by atoms with Gasteiger partial charge in [-0.2, -0.15) is 0 Å². The summed E-state index contributed by atoms with van der Waals surface area (Å²) in [7, 11) is 0. The lowest BCUT2D eigenvalue weighted by Gasteiger charge is -2.22. The van der Waals surface area contributed by atoms with E-state index in [1.807, 2.05) is 35.7 Å². The Morgan fingerprint density at radius 3 is 2.47 bits per heavy atom. The molecule has 0 aliphatic rings. The largest absolute Gasteiger partial charge is 0.481 e. The fraction of sp³-hybridized carbons (Fsp3) is 0.179. The summed E-state index contributed by atoms with van der Waals surface area (Å²) in [5.41, 5.74) is 4.01. The predicted molar refractivity (Wildman–Crippen MR) is 146 cm³/mol. The lowest BCUT2D eigenvalue weighted by Crippen LogP contribution is -2.26. The third-order valence-electron chi connectivity index (χ3n) is 5.84. The van der Waals surface area contributed by atoms with Crippen molar-refractivity contribution in [3.63, 3.8) is 0 Å². The number of benzene rings is 3. The van der Waals surface area contributed by atoms with Crippen LogP contribution < -0.4 is 10.2 Å². The van der Waals surface area contributed by atoms with Crippen LogP contribution in [0.15, 0.2) is 84.2 Å². The van der Waals surface area contributed by atoms with Crippen LogP contribution in [0.5, 0.6) is 0 Å². The van der Waals surface area contributed by atoms with Crippen LogP contribution in [-0.2, 0) is 17.8 Å². The van der Waals surface area contributed by atoms with E-state index in [2.05, 4.69) is 22.3 Å². The van der Waals surface area contributed by atoms with E-state index >= 15 is 0 Å². The normalized spacial score (nSPS) is 10.6. The van der Waals surface area contributed by atoms with E-state index in [0.29, 0.717) is 29.9 Å². The van der Waals surface area contributed by atoms with Crippen molar-refractivity contribution in [2.45, 2.75) is 19.4 Å². The van der Waals surface area contributed by atoms with Gasteiger partial charge in [0.25, 0.3) is 11.6 Å². The molecule has 0 spiro atoms. The SMILES string of the molecule is O=C(O)CCNC(=O)c1ccc(CN(CCc2ccccc2)c2nc(-c3cccc([N+](=O)[O-])c3)cs2)cc1. The first-order valence-electron chi connectivity index (χ1n) is 12.0. The van der Waals surface area contributed by atoms with Gasteiger partial charge in [-0.3, -0.25) is 19.7 Å². The lowest BCUT2D eigenvalue weighted by atomic mass is 10.1. The van der Waals surface area contributed by atoms with Gasteiger partial charge in [0, 0.05) is 48.3 Å². The molecule has 0 aliphatic carbocycles. The first-order chi connectivity index (χ1) is 18.4. The molecule has 3 aromatic carbocycles. The van der Waals surface area contributed by atoms with Crippen LogP contribution >= 0.6 is 11.3 Å². The molecule has 0 bridgehead atoms. The number of amides is 1. The zero-order valence-electron chi connectivity index (χ0n) is 20.4. The minimum atomic E-state index is -0.966. The highest BCUT2D eigenvalue weighted by atomic mass is 32.1. The summed E-state index contributed by atoms with van der Waals surface area (Å²) in [5, 5.41) is 25.2. The number of carboxylic acid groups (broad SMARTS) is 1. The molecule has 9 nitrogen and oxygen atoms in total. The number of aliphatic carboxylic acids is 1. The minimum absolute atomic E-state index is 0.0186. The summed E-state index contributed by atoms with van der Waals surface area (Å²) in [6.07, 6.45) is 0.670. The molecule has 4 aromatic rings. The number of nitrogens with one attached hydrogen (secondary N) is 1. The van der Waals surface area contributed by atoms with Crippen LogP contribution in [0, 0.1) is 10.1 Å².